The zero-order valence-corrected chi connectivity index (χ0v) is 15.1. The molecule has 0 unspecified atom stereocenters. The lowest BCUT2D eigenvalue weighted by Crippen LogP contribution is -2.11. The lowest BCUT2D eigenvalue weighted by atomic mass is 10.0. The van der Waals surface area contributed by atoms with Crippen LogP contribution in [0.2, 0.25) is 0 Å². The molecule has 0 amide bonds. The summed E-state index contributed by atoms with van der Waals surface area (Å²) >= 11 is 0. The molecule has 0 aliphatic carbocycles. The first-order valence-corrected chi connectivity index (χ1v) is 8.97. The Balaban J connectivity index is 1.72. The van der Waals surface area contributed by atoms with E-state index in [1.807, 2.05) is 43.3 Å². The summed E-state index contributed by atoms with van der Waals surface area (Å²) in [6.45, 7) is 4.92. The molecule has 0 saturated carbocycles. The number of carboxylic acids is 1. The van der Waals surface area contributed by atoms with Crippen LogP contribution in [-0.2, 0) is 16.0 Å². The minimum atomic E-state index is -0.879. The van der Waals surface area contributed by atoms with Crippen molar-refractivity contribution in [2.24, 2.45) is 0 Å². The van der Waals surface area contributed by atoms with Crippen LogP contribution in [0, 0.1) is 0 Å². The average Bonchev–Trinajstić information content (AvgIpc) is 3.05. The van der Waals surface area contributed by atoms with Gasteiger partial charge in [-0.15, -0.1) is 0 Å². The molecule has 1 heterocycles. The summed E-state index contributed by atoms with van der Waals surface area (Å²) in [4.78, 5) is 11.0. The summed E-state index contributed by atoms with van der Waals surface area (Å²) in [5, 5.41) is 9.03. The molecule has 1 aliphatic heterocycles. The van der Waals surface area contributed by atoms with E-state index in [-0.39, 0.29) is 12.5 Å². The maximum atomic E-state index is 11.0. The molecule has 0 aromatic heterocycles. The number of aliphatic carboxylic acids is 1. The molecule has 0 bridgehead atoms. The van der Waals surface area contributed by atoms with Crippen LogP contribution in [0.4, 0.5) is 0 Å². The van der Waals surface area contributed by atoms with Gasteiger partial charge in [0, 0.05) is 12.2 Å². The zero-order valence-electron chi connectivity index (χ0n) is 15.1. The van der Waals surface area contributed by atoms with Gasteiger partial charge < -0.3 is 19.3 Å². The lowest BCUT2D eigenvalue weighted by molar-refractivity contribution is -0.140. The van der Waals surface area contributed by atoms with Crippen molar-refractivity contribution >= 4 is 5.97 Å². The fourth-order valence-corrected chi connectivity index (χ4v) is 3.22. The van der Waals surface area contributed by atoms with Crippen molar-refractivity contribution < 1.29 is 24.1 Å². The van der Waals surface area contributed by atoms with Crippen LogP contribution in [0.3, 0.4) is 0 Å². The van der Waals surface area contributed by atoms with Crippen LogP contribution in [0.5, 0.6) is 11.5 Å². The van der Waals surface area contributed by atoms with E-state index in [0.29, 0.717) is 13.2 Å². The SMILES string of the molecule is CCO[C@@H](CC(=O)O)c1ccc(O[C@@H]2COc3c(CC)cccc32)cc1. The number of fused-ring (bicyclic) bond motifs is 1. The van der Waals surface area contributed by atoms with Crippen molar-refractivity contribution in [3.63, 3.8) is 0 Å². The molecule has 0 fully saturated rings. The molecule has 2 atom stereocenters. The molecule has 2 aromatic carbocycles. The van der Waals surface area contributed by atoms with Gasteiger partial charge in [0.15, 0.2) is 6.10 Å². The minimum Gasteiger partial charge on any atom is -0.489 e. The Morgan fingerprint density at radius 2 is 2.00 bits per heavy atom. The summed E-state index contributed by atoms with van der Waals surface area (Å²) < 4.78 is 17.5. The summed E-state index contributed by atoms with van der Waals surface area (Å²) in [6.07, 6.45) is 0.281. The van der Waals surface area contributed by atoms with Crippen molar-refractivity contribution in [2.75, 3.05) is 13.2 Å². The molecule has 26 heavy (non-hydrogen) atoms. The Bertz CT molecular complexity index is 753. The first kappa shape index (κ1) is 18.3. The number of hydrogen-bond donors (Lipinski definition) is 1. The van der Waals surface area contributed by atoms with E-state index in [0.717, 1.165) is 29.0 Å². The van der Waals surface area contributed by atoms with Gasteiger partial charge in [0.25, 0.3) is 0 Å². The summed E-state index contributed by atoms with van der Waals surface area (Å²) in [5.41, 5.74) is 3.10. The zero-order chi connectivity index (χ0) is 18.5. The molecular weight excluding hydrogens is 332 g/mol. The highest BCUT2D eigenvalue weighted by molar-refractivity contribution is 5.67. The van der Waals surface area contributed by atoms with Gasteiger partial charge in [0.05, 0.1) is 12.5 Å². The fraction of sp³-hybridized carbons (Fsp3) is 0.381. The Morgan fingerprint density at radius 1 is 1.23 bits per heavy atom. The van der Waals surface area contributed by atoms with E-state index in [1.54, 1.807) is 0 Å². The monoisotopic (exact) mass is 356 g/mol. The van der Waals surface area contributed by atoms with Gasteiger partial charge in [0.2, 0.25) is 0 Å². The Morgan fingerprint density at radius 3 is 2.65 bits per heavy atom. The standard InChI is InChI=1S/C21H24O5/c1-3-14-6-5-7-17-19(13-25-21(14)17)26-16-10-8-15(9-11-16)18(24-4-2)12-20(22)23/h5-11,18-19H,3-4,12-13H2,1-2H3,(H,22,23)/t18-,19+/m0/s1. The average molecular weight is 356 g/mol. The number of carbonyl (C=O) groups is 1. The van der Waals surface area contributed by atoms with Gasteiger partial charge in [-0.2, -0.15) is 0 Å². The van der Waals surface area contributed by atoms with E-state index in [4.69, 9.17) is 19.3 Å². The molecule has 2 aromatic rings. The first-order chi connectivity index (χ1) is 12.6. The number of benzene rings is 2. The molecule has 1 aliphatic rings. The van der Waals surface area contributed by atoms with Crippen molar-refractivity contribution in [1.29, 1.82) is 0 Å². The third-order valence-corrected chi connectivity index (χ3v) is 4.49. The topological polar surface area (TPSA) is 65.0 Å². The number of ether oxygens (including phenoxy) is 3. The van der Waals surface area contributed by atoms with Crippen LogP contribution < -0.4 is 9.47 Å². The van der Waals surface area contributed by atoms with Gasteiger partial charge in [-0.05, 0) is 36.6 Å². The molecule has 0 spiro atoms. The highest BCUT2D eigenvalue weighted by Gasteiger charge is 2.27. The molecule has 0 saturated heterocycles. The van der Waals surface area contributed by atoms with E-state index >= 15 is 0 Å². The predicted octanol–water partition coefficient (Wildman–Crippen LogP) is 4.31. The Hall–Kier alpha value is -2.53. The first-order valence-electron chi connectivity index (χ1n) is 8.97. The Labute approximate surface area is 153 Å². The van der Waals surface area contributed by atoms with Crippen LogP contribution >= 0.6 is 0 Å². The van der Waals surface area contributed by atoms with Crippen molar-refractivity contribution in [2.45, 2.75) is 38.9 Å². The number of carboxylic acid groups (broad SMARTS) is 1. The van der Waals surface area contributed by atoms with Gasteiger partial charge >= 0.3 is 5.97 Å². The second-order valence-electron chi connectivity index (χ2n) is 6.22. The lowest BCUT2D eigenvalue weighted by Gasteiger charge is -2.17. The van der Waals surface area contributed by atoms with Gasteiger partial charge in [-0.3, -0.25) is 4.79 Å². The third kappa shape index (κ3) is 3.99. The number of aryl methyl sites for hydroxylation is 1. The highest BCUT2D eigenvalue weighted by atomic mass is 16.5. The number of para-hydroxylation sites is 1. The van der Waals surface area contributed by atoms with E-state index < -0.39 is 12.1 Å². The van der Waals surface area contributed by atoms with E-state index in [1.165, 1.54) is 5.56 Å². The maximum absolute atomic E-state index is 11.0. The molecular formula is C21H24O5. The molecule has 5 nitrogen and oxygen atoms in total. The van der Waals surface area contributed by atoms with Crippen molar-refractivity contribution in [3.05, 3.63) is 59.2 Å². The van der Waals surface area contributed by atoms with Gasteiger partial charge in [-0.1, -0.05) is 37.3 Å². The maximum Gasteiger partial charge on any atom is 0.306 e. The molecule has 5 heteroatoms. The summed E-state index contributed by atoms with van der Waals surface area (Å²) in [5.74, 6) is 0.785. The molecule has 138 valence electrons. The van der Waals surface area contributed by atoms with E-state index in [2.05, 4.69) is 13.0 Å². The highest BCUT2D eigenvalue weighted by Crippen LogP contribution is 2.38. The van der Waals surface area contributed by atoms with Crippen LogP contribution in [0.25, 0.3) is 0 Å². The normalized spacial score (nSPS) is 16.6. The quantitative estimate of drug-likeness (QED) is 0.763. The van der Waals surface area contributed by atoms with Crippen LogP contribution in [-0.4, -0.2) is 24.3 Å². The Kier molecular flexibility index (Phi) is 5.78. The molecule has 0 radical (unpaired) electrons. The fourth-order valence-electron chi connectivity index (χ4n) is 3.22. The summed E-state index contributed by atoms with van der Waals surface area (Å²) in [7, 11) is 0. The minimum absolute atomic E-state index is 0.0579. The molecule has 3 rings (SSSR count). The van der Waals surface area contributed by atoms with E-state index in [9.17, 15) is 4.79 Å². The van der Waals surface area contributed by atoms with Gasteiger partial charge in [0.1, 0.15) is 18.1 Å². The van der Waals surface area contributed by atoms with Gasteiger partial charge in [-0.25, -0.2) is 0 Å². The van der Waals surface area contributed by atoms with Crippen LogP contribution in [0.1, 0.15) is 49.2 Å². The second-order valence-corrected chi connectivity index (χ2v) is 6.22. The largest absolute Gasteiger partial charge is 0.489 e. The predicted molar refractivity (Wildman–Crippen MR) is 97.7 cm³/mol. The number of rotatable bonds is 8. The number of hydrogen-bond acceptors (Lipinski definition) is 4. The van der Waals surface area contributed by atoms with Crippen LogP contribution in [0.15, 0.2) is 42.5 Å². The van der Waals surface area contributed by atoms with Crippen molar-refractivity contribution in [1.82, 2.24) is 0 Å². The molecule has 1 N–H and O–H groups in total. The summed E-state index contributed by atoms with van der Waals surface area (Å²) in [6, 6.07) is 13.6. The smallest absolute Gasteiger partial charge is 0.306 e. The second kappa shape index (κ2) is 8.23. The van der Waals surface area contributed by atoms with Crippen molar-refractivity contribution in [3.8, 4) is 11.5 Å². The third-order valence-electron chi connectivity index (χ3n) is 4.49.